The predicted octanol–water partition coefficient (Wildman–Crippen LogP) is 3.52. The zero-order valence-electron chi connectivity index (χ0n) is 9.97. The van der Waals surface area contributed by atoms with Gasteiger partial charge in [0.2, 0.25) is 0 Å². The van der Waals surface area contributed by atoms with Gasteiger partial charge in [0.1, 0.15) is 0 Å². The fraction of sp³-hybridized carbons (Fsp3) is 1.00. The molecule has 2 rings (SSSR count). The molecule has 0 radical (unpaired) electrons. The van der Waals surface area contributed by atoms with Crippen LogP contribution in [0.5, 0.6) is 0 Å². The Hall–Kier alpha value is 0.250. The monoisotopic (exact) mass is 229 g/mol. The maximum Gasteiger partial charge on any atom is 0.0290 e. The molecule has 1 nitrogen and oxygen atoms in total. The van der Waals surface area contributed by atoms with E-state index in [9.17, 15) is 0 Å². The van der Waals surface area contributed by atoms with E-state index in [1.807, 2.05) is 0 Å². The SMILES string of the molecule is CC1(CCl)CCN(CC2CCCCC2)C1. The highest BCUT2D eigenvalue weighted by atomic mass is 35.5. The molecule has 2 aliphatic rings. The van der Waals surface area contributed by atoms with Gasteiger partial charge >= 0.3 is 0 Å². The van der Waals surface area contributed by atoms with Gasteiger partial charge in [-0.05, 0) is 37.1 Å². The Morgan fingerprint density at radius 2 is 2.00 bits per heavy atom. The minimum atomic E-state index is 0.399. The van der Waals surface area contributed by atoms with Crippen molar-refractivity contribution in [3.63, 3.8) is 0 Å². The molecule has 0 amide bonds. The summed E-state index contributed by atoms with van der Waals surface area (Å²) in [6.07, 6.45) is 8.62. The van der Waals surface area contributed by atoms with Crippen molar-refractivity contribution in [2.45, 2.75) is 45.4 Å². The van der Waals surface area contributed by atoms with Crippen molar-refractivity contribution < 1.29 is 0 Å². The third kappa shape index (κ3) is 3.10. The fourth-order valence-electron chi connectivity index (χ4n) is 3.13. The number of rotatable bonds is 3. The molecule has 1 unspecified atom stereocenters. The molecule has 0 bridgehead atoms. The molecule has 1 heterocycles. The normalized spacial score (nSPS) is 34.8. The van der Waals surface area contributed by atoms with Crippen LogP contribution in [0, 0.1) is 11.3 Å². The summed E-state index contributed by atoms with van der Waals surface area (Å²) in [5.74, 6) is 1.81. The van der Waals surface area contributed by atoms with Crippen LogP contribution in [0.25, 0.3) is 0 Å². The number of nitrogens with zero attached hydrogens (tertiary/aromatic N) is 1. The summed E-state index contributed by atoms with van der Waals surface area (Å²) < 4.78 is 0. The van der Waals surface area contributed by atoms with Crippen molar-refractivity contribution in [2.75, 3.05) is 25.5 Å². The van der Waals surface area contributed by atoms with Crippen molar-refractivity contribution in [2.24, 2.45) is 11.3 Å². The van der Waals surface area contributed by atoms with E-state index in [-0.39, 0.29) is 0 Å². The molecular formula is C13H24ClN. The fourth-order valence-corrected chi connectivity index (χ4v) is 3.34. The van der Waals surface area contributed by atoms with Crippen molar-refractivity contribution >= 4 is 11.6 Å². The highest BCUT2D eigenvalue weighted by Gasteiger charge is 2.33. The molecule has 0 aromatic carbocycles. The Bertz CT molecular complexity index is 201. The van der Waals surface area contributed by atoms with Crippen LogP contribution in [-0.4, -0.2) is 30.4 Å². The van der Waals surface area contributed by atoms with Gasteiger partial charge in [-0.1, -0.05) is 26.2 Å². The Balaban J connectivity index is 1.76. The van der Waals surface area contributed by atoms with Gasteiger partial charge in [-0.2, -0.15) is 0 Å². The molecule has 1 atom stereocenters. The summed E-state index contributed by atoms with van der Waals surface area (Å²) in [6.45, 7) is 6.18. The van der Waals surface area contributed by atoms with E-state index >= 15 is 0 Å². The molecule has 0 aromatic heterocycles. The third-order valence-electron chi connectivity index (χ3n) is 4.20. The first kappa shape index (κ1) is 11.7. The van der Waals surface area contributed by atoms with E-state index in [2.05, 4.69) is 11.8 Å². The lowest BCUT2D eigenvalue weighted by Gasteiger charge is -2.28. The van der Waals surface area contributed by atoms with Crippen molar-refractivity contribution in [1.82, 2.24) is 4.90 Å². The highest BCUT2D eigenvalue weighted by molar-refractivity contribution is 6.18. The van der Waals surface area contributed by atoms with E-state index < -0.39 is 0 Å². The van der Waals surface area contributed by atoms with Gasteiger partial charge in [0, 0.05) is 19.0 Å². The van der Waals surface area contributed by atoms with Crippen LogP contribution in [0.3, 0.4) is 0 Å². The van der Waals surface area contributed by atoms with Crippen LogP contribution < -0.4 is 0 Å². The second-order valence-corrected chi connectivity index (χ2v) is 6.20. The molecule has 1 aliphatic heterocycles. The Morgan fingerprint density at radius 3 is 2.60 bits per heavy atom. The van der Waals surface area contributed by atoms with Crippen molar-refractivity contribution in [3.05, 3.63) is 0 Å². The molecule has 2 heteroatoms. The highest BCUT2D eigenvalue weighted by Crippen LogP contribution is 2.33. The van der Waals surface area contributed by atoms with Crippen LogP contribution in [-0.2, 0) is 0 Å². The molecule has 88 valence electrons. The van der Waals surface area contributed by atoms with Gasteiger partial charge in [0.15, 0.2) is 0 Å². The molecule has 0 spiro atoms. The molecule has 1 saturated carbocycles. The number of alkyl halides is 1. The van der Waals surface area contributed by atoms with E-state index in [1.165, 1.54) is 58.2 Å². The summed E-state index contributed by atoms with van der Waals surface area (Å²) in [5.41, 5.74) is 0.399. The van der Waals surface area contributed by atoms with Gasteiger partial charge in [0.25, 0.3) is 0 Å². The average Bonchev–Trinajstić information content (AvgIpc) is 2.63. The van der Waals surface area contributed by atoms with Crippen LogP contribution >= 0.6 is 11.6 Å². The first-order valence-electron chi connectivity index (χ1n) is 6.50. The van der Waals surface area contributed by atoms with Gasteiger partial charge in [-0.15, -0.1) is 11.6 Å². The second kappa shape index (κ2) is 5.05. The molecule has 0 N–H and O–H groups in total. The van der Waals surface area contributed by atoms with E-state index in [0.29, 0.717) is 5.41 Å². The van der Waals surface area contributed by atoms with E-state index in [0.717, 1.165) is 11.8 Å². The lowest BCUT2D eigenvalue weighted by molar-refractivity contribution is 0.217. The van der Waals surface area contributed by atoms with Crippen molar-refractivity contribution in [1.29, 1.82) is 0 Å². The first-order valence-corrected chi connectivity index (χ1v) is 7.04. The van der Waals surface area contributed by atoms with E-state index in [4.69, 9.17) is 11.6 Å². The smallest absolute Gasteiger partial charge is 0.0290 e. The first-order chi connectivity index (χ1) is 7.22. The summed E-state index contributed by atoms with van der Waals surface area (Å²) >= 11 is 6.03. The van der Waals surface area contributed by atoms with Crippen molar-refractivity contribution in [3.8, 4) is 0 Å². The third-order valence-corrected chi connectivity index (χ3v) is 4.85. The number of likely N-dealkylation sites (tertiary alicyclic amines) is 1. The lowest BCUT2D eigenvalue weighted by atomic mass is 9.89. The minimum absolute atomic E-state index is 0.399. The van der Waals surface area contributed by atoms with Gasteiger partial charge in [-0.25, -0.2) is 0 Å². The largest absolute Gasteiger partial charge is 0.302 e. The zero-order chi connectivity index (χ0) is 10.7. The predicted molar refractivity (Wildman–Crippen MR) is 66.5 cm³/mol. The Morgan fingerprint density at radius 1 is 1.27 bits per heavy atom. The Kier molecular flexibility index (Phi) is 3.95. The van der Waals surface area contributed by atoms with Gasteiger partial charge < -0.3 is 4.90 Å². The number of hydrogen-bond acceptors (Lipinski definition) is 1. The average molecular weight is 230 g/mol. The second-order valence-electron chi connectivity index (χ2n) is 5.93. The standard InChI is InChI=1S/C13H24ClN/c1-13(10-14)7-8-15(11-13)9-12-5-3-2-4-6-12/h12H,2-11H2,1H3. The van der Waals surface area contributed by atoms with E-state index in [1.54, 1.807) is 0 Å². The lowest BCUT2D eigenvalue weighted by Crippen LogP contribution is -2.31. The summed E-state index contributed by atoms with van der Waals surface area (Å²) in [5, 5.41) is 0. The molecule has 1 aliphatic carbocycles. The van der Waals surface area contributed by atoms with Gasteiger partial charge in [0.05, 0.1) is 0 Å². The summed E-state index contributed by atoms with van der Waals surface area (Å²) in [4.78, 5) is 2.65. The molecule has 0 aromatic rings. The minimum Gasteiger partial charge on any atom is -0.302 e. The Labute approximate surface area is 99.2 Å². The van der Waals surface area contributed by atoms with Crippen LogP contribution in [0.15, 0.2) is 0 Å². The topological polar surface area (TPSA) is 3.24 Å². The van der Waals surface area contributed by atoms with Crippen LogP contribution in [0.2, 0.25) is 0 Å². The molecule has 2 fully saturated rings. The maximum atomic E-state index is 6.03. The zero-order valence-corrected chi connectivity index (χ0v) is 10.7. The number of hydrogen-bond donors (Lipinski definition) is 0. The molecule has 15 heavy (non-hydrogen) atoms. The molecule has 1 saturated heterocycles. The molecular weight excluding hydrogens is 206 g/mol. The van der Waals surface area contributed by atoms with Crippen LogP contribution in [0.1, 0.15) is 45.4 Å². The van der Waals surface area contributed by atoms with Crippen LogP contribution in [0.4, 0.5) is 0 Å². The summed E-state index contributed by atoms with van der Waals surface area (Å²) in [6, 6.07) is 0. The number of halogens is 1. The quantitative estimate of drug-likeness (QED) is 0.670. The van der Waals surface area contributed by atoms with Gasteiger partial charge in [-0.3, -0.25) is 0 Å². The maximum absolute atomic E-state index is 6.03. The summed E-state index contributed by atoms with van der Waals surface area (Å²) in [7, 11) is 0.